The molecule has 0 amide bonds. The van der Waals surface area contributed by atoms with Crippen LogP contribution in [0.4, 0.5) is 8.78 Å². The van der Waals surface area contributed by atoms with Gasteiger partial charge in [-0.1, -0.05) is 31.9 Å². The van der Waals surface area contributed by atoms with Crippen molar-refractivity contribution in [3.8, 4) is 0 Å². The SMILES string of the molecule is CC=CC1CCC(c2c(F)cc(C3CCC(CCC)CC3)cc2F)CC1. The highest BCUT2D eigenvalue weighted by atomic mass is 19.1. The van der Waals surface area contributed by atoms with E-state index in [1.165, 1.54) is 25.7 Å². The molecule has 0 heterocycles. The highest BCUT2D eigenvalue weighted by molar-refractivity contribution is 5.32. The Balaban J connectivity index is 1.67. The van der Waals surface area contributed by atoms with Gasteiger partial charge in [0.05, 0.1) is 0 Å². The van der Waals surface area contributed by atoms with E-state index in [0.717, 1.165) is 50.0 Å². The van der Waals surface area contributed by atoms with Gasteiger partial charge in [-0.2, -0.15) is 0 Å². The van der Waals surface area contributed by atoms with E-state index < -0.39 is 0 Å². The number of hydrogen-bond acceptors (Lipinski definition) is 0. The number of halogens is 2. The van der Waals surface area contributed by atoms with Gasteiger partial charge >= 0.3 is 0 Å². The average Bonchev–Trinajstić information content (AvgIpc) is 2.64. The minimum absolute atomic E-state index is 0.0471. The van der Waals surface area contributed by atoms with E-state index in [4.69, 9.17) is 0 Å². The quantitative estimate of drug-likeness (QED) is 0.468. The van der Waals surface area contributed by atoms with Gasteiger partial charge in [0.15, 0.2) is 0 Å². The second kappa shape index (κ2) is 9.15. The van der Waals surface area contributed by atoms with Crippen LogP contribution in [0.5, 0.6) is 0 Å². The van der Waals surface area contributed by atoms with E-state index >= 15 is 0 Å². The Bertz CT molecular complexity index is 580. The fourth-order valence-electron chi connectivity index (χ4n) is 5.29. The molecule has 2 aliphatic carbocycles. The largest absolute Gasteiger partial charge is 0.207 e. The standard InChI is InChI=1S/C24H34F2/c1-3-5-17-7-11-19(12-8-17)21-15-22(25)24(23(26)16-21)20-13-9-18(6-4-2)10-14-20/h4,6,15-20H,3,5,7-14H2,1-2H3. The summed E-state index contributed by atoms with van der Waals surface area (Å²) in [6.07, 6.45) is 15.3. The molecule has 2 heteroatoms. The fraction of sp³-hybridized carbons (Fsp3) is 0.667. The molecule has 0 aliphatic heterocycles. The maximum atomic E-state index is 14.8. The van der Waals surface area contributed by atoms with Gasteiger partial charge in [0.1, 0.15) is 11.6 Å². The van der Waals surface area contributed by atoms with Crippen LogP contribution < -0.4 is 0 Å². The third-order valence-electron chi connectivity index (χ3n) is 6.76. The minimum Gasteiger partial charge on any atom is -0.207 e. The minimum atomic E-state index is -0.301. The molecule has 2 fully saturated rings. The van der Waals surface area contributed by atoms with Crippen LogP contribution in [-0.4, -0.2) is 0 Å². The molecule has 0 saturated heterocycles. The van der Waals surface area contributed by atoms with E-state index in [1.54, 1.807) is 12.1 Å². The summed E-state index contributed by atoms with van der Waals surface area (Å²) in [5.41, 5.74) is 1.24. The predicted molar refractivity (Wildman–Crippen MR) is 105 cm³/mol. The van der Waals surface area contributed by atoms with Crippen LogP contribution in [0.2, 0.25) is 0 Å². The lowest BCUT2D eigenvalue weighted by Gasteiger charge is -2.30. The molecule has 2 aliphatic rings. The Morgan fingerprint density at radius 1 is 0.885 bits per heavy atom. The second-order valence-electron chi connectivity index (χ2n) is 8.54. The van der Waals surface area contributed by atoms with Crippen LogP contribution in [-0.2, 0) is 0 Å². The molecule has 0 unspecified atom stereocenters. The lowest BCUT2D eigenvalue weighted by atomic mass is 9.75. The van der Waals surface area contributed by atoms with Crippen molar-refractivity contribution in [1.82, 2.24) is 0 Å². The van der Waals surface area contributed by atoms with Crippen LogP contribution in [0, 0.1) is 23.5 Å². The summed E-state index contributed by atoms with van der Waals surface area (Å²) in [5, 5.41) is 0. The molecule has 0 atom stereocenters. The van der Waals surface area contributed by atoms with Crippen molar-refractivity contribution in [2.75, 3.05) is 0 Å². The lowest BCUT2D eigenvalue weighted by molar-refractivity contribution is 0.307. The summed E-state index contributed by atoms with van der Waals surface area (Å²) in [5.74, 6) is 1.19. The van der Waals surface area contributed by atoms with E-state index in [2.05, 4.69) is 19.1 Å². The van der Waals surface area contributed by atoms with Crippen molar-refractivity contribution >= 4 is 0 Å². The molecule has 0 N–H and O–H groups in total. The van der Waals surface area contributed by atoms with Crippen LogP contribution in [0.3, 0.4) is 0 Å². The normalized spacial score (nSPS) is 30.0. The van der Waals surface area contributed by atoms with Crippen molar-refractivity contribution in [3.63, 3.8) is 0 Å². The summed E-state index contributed by atoms with van der Waals surface area (Å²) in [4.78, 5) is 0. The Morgan fingerprint density at radius 3 is 2.00 bits per heavy atom. The monoisotopic (exact) mass is 360 g/mol. The Kier molecular flexibility index (Phi) is 6.89. The zero-order valence-corrected chi connectivity index (χ0v) is 16.4. The van der Waals surface area contributed by atoms with Gasteiger partial charge in [-0.3, -0.25) is 0 Å². The van der Waals surface area contributed by atoms with E-state index in [9.17, 15) is 8.78 Å². The summed E-state index contributed by atoms with van der Waals surface area (Å²) < 4.78 is 29.7. The molecular weight excluding hydrogens is 326 g/mol. The van der Waals surface area contributed by atoms with Gasteiger partial charge < -0.3 is 0 Å². The first-order valence-corrected chi connectivity index (χ1v) is 10.7. The molecular formula is C24H34F2. The predicted octanol–water partition coefficient (Wildman–Crippen LogP) is 7.89. The molecule has 0 nitrogen and oxygen atoms in total. The third-order valence-corrected chi connectivity index (χ3v) is 6.76. The van der Waals surface area contributed by atoms with Crippen molar-refractivity contribution in [1.29, 1.82) is 0 Å². The van der Waals surface area contributed by atoms with Crippen LogP contribution >= 0.6 is 0 Å². The maximum Gasteiger partial charge on any atom is 0.129 e. The van der Waals surface area contributed by atoms with Gasteiger partial charge in [-0.05, 0) is 99.7 Å². The zero-order chi connectivity index (χ0) is 18.5. The van der Waals surface area contributed by atoms with Crippen molar-refractivity contribution in [3.05, 3.63) is 47.0 Å². The van der Waals surface area contributed by atoms with Crippen LogP contribution in [0.15, 0.2) is 24.3 Å². The topological polar surface area (TPSA) is 0 Å². The molecule has 2 saturated carbocycles. The van der Waals surface area contributed by atoms with E-state index in [0.29, 0.717) is 17.4 Å². The highest BCUT2D eigenvalue weighted by Gasteiger charge is 2.28. The molecule has 144 valence electrons. The van der Waals surface area contributed by atoms with Crippen molar-refractivity contribution in [2.45, 2.75) is 89.9 Å². The summed E-state index contributed by atoms with van der Waals surface area (Å²) in [6, 6.07) is 3.31. The summed E-state index contributed by atoms with van der Waals surface area (Å²) in [7, 11) is 0. The van der Waals surface area contributed by atoms with Crippen molar-refractivity contribution < 1.29 is 8.78 Å². The first-order chi connectivity index (χ1) is 12.6. The van der Waals surface area contributed by atoms with Crippen LogP contribution in [0.25, 0.3) is 0 Å². The molecule has 1 aromatic carbocycles. The third kappa shape index (κ3) is 4.56. The number of rotatable bonds is 5. The van der Waals surface area contributed by atoms with Gasteiger partial charge in [0.25, 0.3) is 0 Å². The number of hydrogen-bond donors (Lipinski definition) is 0. The Morgan fingerprint density at radius 2 is 1.46 bits per heavy atom. The average molecular weight is 361 g/mol. The molecule has 0 aromatic heterocycles. The molecule has 26 heavy (non-hydrogen) atoms. The molecule has 0 spiro atoms. The lowest BCUT2D eigenvalue weighted by Crippen LogP contribution is -2.16. The summed E-state index contributed by atoms with van der Waals surface area (Å²) in [6.45, 7) is 4.28. The smallest absolute Gasteiger partial charge is 0.129 e. The van der Waals surface area contributed by atoms with Gasteiger partial charge in [-0.15, -0.1) is 0 Å². The van der Waals surface area contributed by atoms with Gasteiger partial charge in [0.2, 0.25) is 0 Å². The van der Waals surface area contributed by atoms with Crippen LogP contribution in [0.1, 0.15) is 101 Å². The highest BCUT2D eigenvalue weighted by Crippen LogP contribution is 2.42. The second-order valence-corrected chi connectivity index (χ2v) is 8.54. The van der Waals surface area contributed by atoms with Gasteiger partial charge in [-0.25, -0.2) is 8.78 Å². The fourth-order valence-corrected chi connectivity index (χ4v) is 5.29. The first kappa shape index (κ1) is 19.6. The summed E-state index contributed by atoms with van der Waals surface area (Å²) >= 11 is 0. The Hall–Kier alpha value is -1.18. The molecule has 0 bridgehead atoms. The van der Waals surface area contributed by atoms with Gasteiger partial charge in [0, 0.05) is 5.56 Å². The first-order valence-electron chi connectivity index (χ1n) is 10.7. The Labute approximate surface area is 158 Å². The maximum absolute atomic E-state index is 14.8. The van der Waals surface area contributed by atoms with E-state index in [-0.39, 0.29) is 17.6 Å². The molecule has 3 rings (SSSR count). The zero-order valence-electron chi connectivity index (χ0n) is 16.4. The number of benzene rings is 1. The molecule has 1 aromatic rings. The van der Waals surface area contributed by atoms with E-state index in [1.807, 2.05) is 6.92 Å². The molecule has 0 radical (unpaired) electrons. The van der Waals surface area contributed by atoms with Crippen molar-refractivity contribution in [2.24, 2.45) is 11.8 Å². The number of allylic oxidation sites excluding steroid dienone is 2.